The van der Waals surface area contributed by atoms with Crippen molar-refractivity contribution in [1.82, 2.24) is 5.06 Å². The van der Waals surface area contributed by atoms with Crippen molar-refractivity contribution in [2.24, 2.45) is 0 Å². The van der Waals surface area contributed by atoms with Crippen LogP contribution in [-0.2, 0) is 25.3 Å². The SMILES string of the molecule is O=C(OP(=O)(Cl)c1cccc2ccccc12)[C@@H]1CCCN1OCc1ccccc1. The lowest BCUT2D eigenvalue weighted by atomic mass is 10.1. The smallest absolute Gasteiger partial charge is 0.369 e. The van der Waals surface area contributed by atoms with Crippen LogP contribution in [0.3, 0.4) is 0 Å². The van der Waals surface area contributed by atoms with Crippen LogP contribution in [0.4, 0.5) is 0 Å². The van der Waals surface area contributed by atoms with Crippen molar-refractivity contribution < 1.29 is 18.7 Å². The largest absolute Gasteiger partial charge is 0.396 e. The fraction of sp³-hybridized carbons (Fsp3) is 0.227. The summed E-state index contributed by atoms with van der Waals surface area (Å²) in [6.45, 7) is -2.90. The summed E-state index contributed by atoms with van der Waals surface area (Å²) in [5.41, 5.74) is 1.00. The molecule has 1 saturated heterocycles. The zero-order valence-corrected chi connectivity index (χ0v) is 17.4. The number of hydrogen-bond acceptors (Lipinski definition) is 5. The summed E-state index contributed by atoms with van der Waals surface area (Å²) >= 11 is 6.29. The molecule has 2 atom stereocenters. The van der Waals surface area contributed by atoms with E-state index in [1.54, 1.807) is 17.2 Å². The van der Waals surface area contributed by atoms with Crippen molar-refractivity contribution in [3.8, 4) is 0 Å². The van der Waals surface area contributed by atoms with Crippen molar-refractivity contribution in [2.45, 2.75) is 25.5 Å². The molecule has 0 aliphatic carbocycles. The summed E-state index contributed by atoms with van der Waals surface area (Å²) < 4.78 is 18.5. The summed E-state index contributed by atoms with van der Waals surface area (Å²) in [5.74, 6) is -0.623. The Balaban J connectivity index is 1.48. The molecular formula is C22H21ClNO4P. The molecule has 0 N–H and O–H groups in total. The Labute approximate surface area is 174 Å². The number of halogens is 1. The second kappa shape index (κ2) is 8.68. The molecule has 150 valence electrons. The van der Waals surface area contributed by atoms with Crippen molar-refractivity contribution in [3.05, 3.63) is 78.4 Å². The Hall–Kier alpha value is -2.17. The molecule has 0 saturated carbocycles. The zero-order valence-electron chi connectivity index (χ0n) is 15.7. The summed E-state index contributed by atoms with van der Waals surface area (Å²) in [5, 5.41) is 3.54. The molecule has 5 nitrogen and oxygen atoms in total. The third-order valence-corrected chi connectivity index (χ3v) is 7.11. The molecule has 0 aromatic heterocycles. The van der Waals surface area contributed by atoms with Crippen LogP contribution in [0.5, 0.6) is 0 Å². The third-order valence-electron chi connectivity index (χ3n) is 4.98. The Morgan fingerprint density at radius 3 is 2.59 bits per heavy atom. The van der Waals surface area contributed by atoms with Crippen LogP contribution in [0, 0.1) is 0 Å². The molecule has 0 amide bonds. The van der Waals surface area contributed by atoms with Gasteiger partial charge in [0.2, 0.25) is 0 Å². The zero-order chi connectivity index (χ0) is 20.3. The van der Waals surface area contributed by atoms with Gasteiger partial charge in [-0.25, -0.2) is 4.79 Å². The van der Waals surface area contributed by atoms with Crippen molar-refractivity contribution in [1.29, 1.82) is 0 Å². The second-order valence-electron chi connectivity index (χ2n) is 6.95. The first-order chi connectivity index (χ1) is 14.0. The number of nitrogens with zero attached hydrogens (tertiary/aromatic N) is 1. The van der Waals surface area contributed by atoms with Crippen molar-refractivity contribution in [3.63, 3.8) is 0 Å². The normalized spacial score (nSPS) is 19.1. The standard InChI is InChI=1S/C22H21ClNO4P/c23-29(26,21-14-6-11-18-10-4-5-12-19(18)21)28-22(25)20-13-7-15-24(20)27-16-17-8-2-1-3-9-17/h1-6,8-12,14,20H,7,13,15-16H2/t20-,29?/m0/s1. The van der Waals surface area contributed by atoms with Gasteiger partial charge in [-0.1, -0.05) is 66.7 Å². The van der Waals surface area contributed by atoms with Gasteiger partial charge in [0.25, 0.3) is 0 Å². The van der Waals surface area contributed by atoms with E-state index in [1.165, 1.54) is 0 Å². The van der Waals surface area contributed by atoms with Crippen LogP contribution in [-0.4, -0.2) is 23.6 Å². The van der Waals surface area contributed by atoms with Crippen LogP contribution >= 0.6 is 18.0 Å². The minimum atomic E-state index is -3.86. The van der Waals surface area contributed by atoms with Crippen molar-refractivity contribution >= 4 is 40.0 Å². The van der Waals surface area contributed by atoms with Gasteiger partial charge >= 0.3 is 12.7 Å². The number of benzene rings is 3. The molecule has 3 aromatic carbocycles. The van der Waals surface area contributed by atoms with Gasteiger partial charge < -0.3 is 4.52 Å². The minimum Gasteiger partial charge on any atom is -0.396 e. The van der Waals surface area contributed by atoms with Crippen LogP contribution in [0.2, 0.25) is 0 Å². The predicted octanol–water partition coefficient (Wildman–Crippen LogP) is 5.04. The minimum absolute atomic E-state index is 0.334. The van der Waals surface area contributed by atoms with Crippen LogP contribution < -0.4 is 5.30 Å². The molecule has 0 bridgehead atoms. The lowest BCUT2D eigenvalue weighted by Gasteiger charge is -2.23. The lowest BCUT2D eigenvalue weighted by molar-refractivity contribution is -0.190. The molecule has 1 aliphatic rings. The molecule has 4 rings (SSSR count). The predicted molar refractivity (Wildman–Crippen MR) is 114 cm³/mol. The fourth-order valence-corrected chi connectivity index (χ4v) is 5.38. The van der Waals surface area contributed by atoms with Crippen LogP contribution in [0.25, 0.3) is 10.8 Å². The molecule has 0 radical (unpaired) electrons. The van der Waals surface area contributed by atoms with Crippen LogP contribution in [0.15, 0.2) is 72.8 Å². The maximum atomic E-state index is 13.1. The summed E-state index contributed by atoms with van der Waals surface area (Å²) in [6.07, 6.45) is 1.36. The molecule has 29 heavy (non-hydrogen) atoms. The van der Waals surface area contributed by atoms with Gasteiger partial charge in [-0.05, 0) is 46.5 Å². The number of hydroxylamine groups is 2. The monoisotopic (exact) mass is 429 g/mol. The van der Waals surface area contributed by atoms with E-state index >= 15 is 0 Å². The van der Waals surface area contributed by atoms with E-state index in [0.717, 1.165) is 17.4 Å². The molecule has 3 aromatic rings. The highest BCUT2D eigenvalue weighted by Crippen LogP contribution is 2.53. The van der Waals surface area contributed by atoms with Gasteiger partial charge in [0.05, 0.1) is 11.9 Å². The van der Waals surface area contributed by atoms with E-state index in [0.29, 0.717) is 30.3 Å². The van der Waals surface area contributed by atoms with Gasteiger partial charge in [-0.3, -0.25) is 9.40 Å². The molecule has 1 unspecified atom stereocenters. The fourth-order valence-electron chi connectivity index (χ4n) is 3.53. The topological polar surface area (TPSA) is 55.8 Å². The molecule has 7 heteroatoms. The number of carbonyl (C=O) groups excluding carboxylic acids is 1. The van der Waals surface area contributed by atoms with E-state index in [4.69, 9.17) is 20.6 Å². The average Bonchev–Trinajstić information content (AvgIpc) is 3.21. The molecule has 1 heterocycles. The van der Waals surface area contributed by atoms with Gasteiger partial charge in [0.15, 0.2) is 0 Å². The van der Waals surface area contributed by atoms with Crippen LogP contribution in [0.1, 0.15) is 18.4 Å². The quantitative estimate of drug-likeness (QED) is 0.514. The number of hydrogen-bond donors (Lipinski definition) is 0. The van der Waals surface area contributed by atoms with E-state index < -0.39 is 18.7 Å². The highest BCUT2D eigenvalue weighted by Gasteiger charge is 2.38. The van der Waals surface area contributed by atoms with E-state index in [2.05, 4.69) is 0 Å². The maximum Gasteiger partial charge on any atom is 0.369 e. The van der Waals surface area contributed by atoms with E-state index in [9.17, 15) is 9.36 Å². The Kier molecular flexibility index (Phi) is 6.02. The number of rotatable bonds is 6. The molecule has 1 fully saturated rings. The third kappa shape index (κ3) is 4.54. The highest BCUT2D eigenvalue weighted by molar-refractivity contribution is 7.92. The van der Waals surface area contributed by atoms with Crippen molar-refractivity contribution in [2.75, 3.05) is 6.54 Å². The Morgan fingerprint density at radius 2 is 1.76 bits per heavy atom. The van der Waals surface area contributed by atoms with Gasteiger partial charge in [-0.2, -0.15) is 5.06 Å². The molecule has 1 aliphatic heterocycles. The second-order valence-corrected chi connectivity index (χ2v) is 9.90. The molecular weight excluding hydrogens is 409 g/mol. The molecule has 0 spiro atoms. The first-order valence-corrected chi connectivity index (χ1v) is 12.0. The van der Waals surface area contributed by atoms with Gasteiger partial charge in [0, 0.05) is 6.54 Å². The van der Waals surface area contributed by atoms with Gasteiger partial charge in [0.1, 0.15) is 6.04 Å². The maximum absolute atomic E-state index is 13.1. The Bertz CT molecular complexity index is 1050. The average molecular weight is 430 g/mol. The lowest BCUT2D eigenvalue weighted by Crippen LogP contribution is -2.37. The summed E-state index contributed by atoms with van der Waals surface area (Å²) in [4.78, 5) is 18.6. The number of carbonyl (C=O) groups is 1. The Morgan fingerprint density at radius 1 is 1.03 bits per heavy atom. The van der Waals surface area contributed by atoms with Gasteiger partial charge in [-0.15, -0.1) is 0 Å². The first kappa shape index (κ1) is 20.1. The van der Waals surface area contributed by atoms with E-state index in [1.807, 2.05) is 60.7 Å². The highest BCUT2D eigenvalue weighted by atomic mass is 35.7. The summed E-state index contributed by atoms with van der Waals surface area (Å²) in [7, 11) is 0. The first-order valence-electron chi connectivity index (χ1n) is 9.49. The number of fused-ring (bicyclic) bond motifs is 1. The van der Waals surface area contributed by atoms with E-state index in [-0.39, 0.29) is 0 Å². The summed E-state index contributed by atoms with van der Waals surface area (Å²) in [6, 6.07) is 21.8.